The van der Waals surface area contributed by atoms with Crippen LogP contribution in [0, 0.1) is 0 Å². The van der Waals surface area contributed by atoms with Crippen LogP contribution in [0.15, 0.2) is 294 Å². The van der Waals surface area contributed by atoms with Crippen LogP contribution in [0.2, 0.25) is 0 Å². The predicted molar refractivity (Wildman–Crippen MR) is 458 cm³/mol. The quantitative estimate of drug-likeness (QED) is 0.0170. The molecule has 596 valence electrons. The Kier molecular flexibility index (Phi) is 52.5. The molecule has 12 aromatic heterocycles. The fourth-order valence-electron chi connectivity index (χ4n) is 9.77. The summed E-state index contributed by atoms with van der Waals surface area (Å²) in [5.41, 5.74) is 10.4. The average Bonchev–Trinajstić information content (AvgIpc) is 0.787. The van der Waals surface area contributed by atoms with Crippen molar-refractivity contribution >= 4 is 51.5 Å². The molecule has 12 heterocycles. The number of carbonyl (C=O) groups is 3. The average molecular weight is 1760 g/mol. The predicted octanol–water partition coefficient (Wildman–Crippen LogP) is 21.2. The number of allylic oxidation sites excluding steroid dienone is 2. The minimum Gasteiger partial charge on any atom is -0.493 e. The topological polar surface area (TPSA) is 243 Å². The molecule has 0 saturated heterocycles. The molecular weight excluding hydrogens is 1660 g/mol. The molecule has 0 aliphatic heterocycles. The van der Waals surface area contributed by atoms with Crippen molar-refractivity contribution in [2.45, 2.75) is 111 Å². The number of thioether (sulfide) groups is 2. The van der Waals surface area contributed by atoms with Gasteiger partial charge in [0.25, 0.3) is 0 Å². The summed E-state index contributed by atoms with van der Waals surface area (Å²) in [7, 11) is 0. The van der Waals surface area contributed by atoms with Crippen LogP contribution < -0.4 is 18.9 Å². The van der Waals surface area contributed by atoms with Gasteiger partial charge in [-0.25, -0.2) is 0 Å². The van der Waals surface area contributed by atoms with Gasteiger partial charge in [0.2, 0.25) is 0 Å². The summed E-state index contributed by atoms with van der Waals surface area (Å²) < 4.78 is 23.4. The molecule has 0 spiro atoms. The van der Waals surface area contributed by atoms with E-state index in [1.165, 1.54) is 30.4 Å². The maximum absolute atomic E-state index is 10.9. The van der Waals surface area contributed by atoms with E-state index in [1.54, 1.807) is 88.2 Å². The van der Waals surface area contributed by atoms with Crippen LogP contribution in [0.25, 0.3) is 68.3 Å². The Morgan fingerprint density at radius 1 is 0.289 bits per heavy atom. The van der Waals surface area contributed by atoms with E-state index in [0.717, 1.165) is 193 Å². The van der Waals surface area contributed by atoms with Gasteiger partial charge in [0.05, 0.1) is 94.8 Å². The first-order valence-corrected chi connectivity index (χ1v) is 39.7. The zero-order chi connectivity index (χ0) is 79.4. The van der Waals surface area contributed by atoms with Crippen molar-refractivity contribution in [2.75, 3.05) is 37.9 Å². The van der Waals surface area contributed by atoms with Gasteiger partial charge in [0.1, 0.15) is 23.0 Å². The summed E-state index contributed by atoms with van der Waals surface area (Å²) in [6, 6.07) is 61.5. The molecule has 12 aromatic rings. The SMILES string of the molecule is C=CCCCCOc1ccnc(-c2cc(OCCCCC=C)ccn2)c1.CC(=O)S.CC(=O)SCCCCCCOc1ccnc(-c2cc(OCCCCCCSC(C)=O)ccn2)c1.[Ru].[Ru].c1ccc(-c2ccccn2)nc1.c1ccc(-c2ccccn2)nc1.c1ccc(-c2ccccn2)nc1.c1ccc(-c2ccccn2)nc1. The van der Waals surface area contributed by atoms with E-state index in [1.807, 2.05) is 206 Å². The number of nitrogens with zero attached hydrogens (tertiary/aromatic N) is 12. The Bertz CT molecular complexity index is 3920. The van der Waals surface area contributed by atoms with Crippen LogP contribution in [-0.4, -0.2) is 113 Å². The standard InChI is InChI=1S/C26H36N2O4S2.C22H28N2O2.4C10H8N2.C2H4OS.2Ru/c1-21(29)33-17-9-5-3-7-15-31-23-11-13-27-25(19-23)26-20-24(12-14-28-26)32-16-8-4-6-10-18-34-22(2)30;1-3-5-7-9-15-25-19-11-13-23-21(17-19)22-18-20(12-14-24-22)26-16-10-8-6-4-2;4*1-3-7-11-9(5-1)10-6-2-4-8-12-10;1-2(3)4;;/h11-14,19-20H,3-10,15-18H2,1-2H3;3-4,11-14,17-18H,1-2,5-10,15-16H2;4*1-8H;1H3,(H,3,4);;. The molecule has 114 heavy (non-hydrogen) atoms. The number of hydrogen-bond donors (Lipinski definition) is 1. The summed E-state index contributed by atoms with van der Waals surface area (Å²) in [6.07, 6.45) is 39.7. The van der Waals surface area contributed by atoms with Gasteiger partial charge in [-0.1, -0.05) is 110 Å². The molecule has 19 nitrogen and oxygen atoms in total. The van der Waals surface area contributed by atoms with E-state index < -0.39 is 0 Å². The first-order valence-electron chi connectivity index (χ1n) is 37.3. The van der Waals surface area contributed by atoms with Crippen molar-refractivity contribution < 1.29 is 72.3 Å². The number of hydrogen-bond acceptors (Lipinski definition) is 21. The van der Waals surface area contributed by atoms with Gasteiger partial charge in [-0.05, 0) is 186 Å². The number of aromatic nitrogens is 12. The second-order valence-electron chi connectivity index (χ2n) is 24.2. The third-order valence-corrected chi connectivity index (χ3v) is 17.0. The van der Waals surface area contributed by atoms with Crippen LogP contribution in [0.4, 0.5) is 0 Å². The zero-order valence-corrected chi connectivity index (χ0v) is 70.8. The van der Waals surface area contributed by atoms with Crippen molar-refractivity contribution in [3.8, 4) is 91.3 Å². The smallest absolute Gasteiger partial charge is 0.185 e. The third-order valence-electron chi connectivity index (χ3n) is 15.2. The Hall–Kier alpha value is -10.2. The molecule has 0 amide bonds. The Morgan fingerprint density at radius 3 is 0.667 bits per heavy atom. The summed E-state index contributed by atoms with van der Waals surface area (Å²) in [6.45, 7) is 14.8. The molecule has 0 N–H and O–H groups in total. The monoisotopic (exact) mass is 1760 g/mol. The minimum absolute atomic E-state index is 0. The van der Waals surface area contributed by atoms with Crippen molar-refractivity contribution in [3.05, 3.63) is 294 Å². The number of rotatable bonds is 34. The second kappa shape index (κ2) is 62.3. The molecule has 0 atom stereocenters. The van der Waals surface area contributed by atoms with Crippen LogP contribution in [0.5, 0.6) is 23.0 Å². The van der Waals surface area contributed by atoms with Crippen molar-refractivity contribution in [1.82, 2.24) is 59.8 Å². The molecule has 0 fully saturated rings. The van der Waals surface area contributed by atoms with Gasteiger partial charge in [0, 0.05) is 170 Å². The third kappa shape index (κ3) is 43.7. The van der Waals surface area contributed by atoms with Gasteiger partial charge in [-0.2, -0.15) is 0 Å². The molecule has 24 heteroatoms. The Morgan fingerprint density at radius 2 is 0.482 bits per heavy atom. The van der Waals surface area contributed by atoms with Crippen LogP contribution in [-0.2, 0) is 53.3 Å². The molecule has 0 radical (unpaired) electrons. The molecular formula is C90H100N12O7Ru2S3. The van der Waals surface area contributed by atoms with E-state index in [2.05, 4.69) is 85.6 Å². The van der Waals surface area contributed by atoms with Crippen LogP contribution in [0.3, 0.4) is 0 Å². The summed E-state index contributed by atoms with van der Waals surface area (Å²) in [5, 5.41) is 0.243. The van der Waals surface area contributed by atoms with Crippen molar-refractivity contribution in [1.29, 1.82) is 0 Å². The van der Waals surface area contributed by atoms with E-state index in [4.69, 9.17) is 18.9 Å². The maximum atomic E-state index is 10.9. The fourth-order valence-corrected chi connectivity index (χ4v) is 11.0. The maximum Gasteiger partial charge on any atom is 0.185 e. The molecule has 0 aliphatic carbocycles. The molecule has 0 saturated carbocycles. The summed E-state index contributed by atoms with van der Waals surface area (Å²) >= 11 is 6.13. The summed E-state index contributed by atoms with van der Waals surface area (Å²) in [5.74, 6) is 5.00. The second-order valence-corrected chi connectivity index (χ2v) is 27.4. The van der Waals surface area contributed by atoms with Gasteiger partial charge in [-0.15, -0.1) is 25.8 Å². The summed E-state index contributed by atoms with van der Waals surface area (Å²) in [4.78, 5) is 82.3. The number of carbonyl (C=O) groups excluding carboxylic acids is 3. The van der Waals surface area contributed by atoms with E-state index in [0.29, 0.717) is 26.4 Å². The molecule has 12 rings (SSSR count). The largest absolute Gasteiger partial charge is 0.493 e. The number of ether oxygens (including phenoxy) is 4. The number of unbranched alkanes of at least 4 members (excludes halogenated alkanes) is 10. The van der Waals surface area contributed by atoms with Gasteiger partial charge in [-0.3, -0.25) is 74.2 Å². The zero-order valence-electron chi connectivity index (χ0n) is 64.8. The van der Waals surface area contributed by atoms with Gasteiger partial charge < -0.3 is 18.9 Å². The van der Waals surface area contributed by atoms with E-state index in [9.17, 15) is 14.4 Å². The van der Waals surface area contributed by atoms with Crippen LogP contribution in [0.1, 0.15) is 111 Å². The normalized spacial score (nSPS) is 9.86. The first kappa shape index (κ1) is 96.2. The number of thiol groups is 1. The molecule has 0 bridgehead atoms. The van der Waals surface area contributed by atoms with Crippen molar-refractivity contribution in [3.63, 3.8) is 0 Å². The fraction of sp³-hybridized carbons (Fsp3) is 0.256. The number of pyridine rings is 12. The van der Waals surface area contributed by atoms with Gasteiger partial charge in [0.15, 0.2) is 15.3 Å². The molecule has 0 aromatic carbocycles. The Balaban J connectivity index is 0.000000300. The van der Waals surface area contributed by atoms with Gasteiger partial charge >= 0.3 is 0 Å². The van der Waals surface area contributed by atoms with Crippen LogP contribution >= 0.6 is 36.2 Å². The first-order chi connectivity index (χ1) is 55.0. The molecule has 0 aliphatic rings. The van der Waals surface area contributed by atoms with E-state index in [-0.39, 0.29) is 54.3 Å². The Labute approximate surface area is 711 Å². The molecule has 0 unspecified atom stereocenters. The minimum atomic E-state index is -0.139. The van der Waals surface area contributed by atoms with Crippen molar-refractivity contribution in [2.24, 2.45) is 0 Å². The van der Waals surface area contributed by atoms with E-state index >= 15 is 0 Å².